The number of fused-ring (bicyclic) bond motifs is 7. The van der Waals surface area contributed by atoms with Crippen LogP contribution in [0.15, 0.2) is 60.7 Å². The van der Waals surface area contributed by atoms with Crippen LogP contribution in [0.2, 0.25) is 36.3 Å². The monoisotopic (exact) mass is 616 g/mol. The van der Waals surface area contributed by atoms with Crippen LogP contribution in [-0.2, 0) is 0 Å². The summed E-state index contributed by atoms with van der Waals surface area (Å²) in [6, 6.07) is 29.8. The van der Waals surface area contributed by atoms with Gasteiger partial charge in [-0.2, -0.15) is 0 Å². The SMILES string of the molecule is CC[Si](C#Cc1c2ccccc2cc2sc3c(sc4cc5ccccc5c(C#C[Si](CC)(CC)CC)c43)c12)(CC)CC. The van der Waals surface area contributed by atoms with Crippen LogP contribution in [-0.4, -0.2) is 16.1 Å². The maximum Gasteiger partial charge on any atom is 0.138 e. The Morgan fingerprint density at radius 2 is 0.881 bits per heavy atom. The predicted octanol–water partition coefficient (Wildman–Crippen LogP) is 12.4. The summed E-state index contributed by atoms with van der Waals surface area (Å²) in [4.78, 5) is 0. The summed E-state index contributed by atoms with van der Waals surface area (Å²) in [5, 5.41) is 7.87. The quantitative estimate of drug-likeness (QED) is 0.129. The van der Waals surface area contributed by atoms with Crippen LogP contribution >= 0.6 is 22.7 Å². The topological polar surface area (TPSA) is 0 Å². The highest BCUT2D eigenvalue weighted by Gasteiger charge is 2.26. The molecule has 0 radical (unpaired) electrons. The molecule has 0 aliphatic carbocycles. The van der Waals surface area contributed by atoms with Gasteiger partial charge in [0.15, 0.2) is 0 Å². The second-order valence-corrected chi connectivity index (χ2v) is 23.7. The van der Waals surface area contributed by atoms with Gasteiger partial charge in [0.2, 0.25) is 0 Å². The average Bonchev–Trinajstić information content (AvgIpc) is 3.57. The summed E-state index contributed by atoms with van der Waals surface area (Å²) in [5.41, 5.74) is 10.4. The first-order chi connectivity index (χ1) is 20.5. The summed E-state index contributed by atoms with van der Waals surface area (Å²) >= 11 is 3.90. The van der Waals surface area contributed by atoms with Gasteiger partial charge in [0, 0.05) is 31.3 Å². The third-order valence-corrected chi connectivity index (χ3v) is 21.9. The van der Waals surface area contributed by atoms with E-state index in [0.29, 0.717) is 0 Å². The Bertz CT molecular complexity index is 1910. The summed E-state index contributed by atoms with van der Waals surface area (Å²) in [6.45, 7) is 14.1. The lowest BCUT2D eigenvalue weighted by atomic mass is 10.00. The Labute approximate surface area is 261 Å². The molecule has 0 N–H and O–H groups in total. The van der Waals surface area contributed by atoms with Crippen molar-refractivity contribution in [2.75, 3.05) is 0 Å². The van der Waals surface area contributed by atoms with Crippen LogP contribution in [0.5, 0.6) is 0 Å². The molecule has 0 spiro atoms. The maximum absolute atomic E-state index is 3.95. The van der Waals surface area contributed by atoms with Gasteiger partial charge in [-0.3, -0.25) is 0 Å². The van der Waals surface area contributed by atoms with E-state index in [0.717, 1.165) is 0 Å². The van der Waals surface area contributed by atoms with Crippen LogP contribution in [0.4, 0.5) is 0 Å². The number of benzene rings is 4. The summed E-state index contributed by atoms with van der Waals surface area (Å²) in [5.74, 6) is 7.73. The molecule has 0 saturated heterocycles. The van der Waals surface area contributed by atoms with Crippen molar-refractivity contribution < 1.29 is 0 Å². The maximum atomic E-state index is 3.95. The van der Waals surface area contributed by atoms with Crippen molar-refractivity contribution in [2.45, 2.75) is 77.8 Å². The number of hydrogen-bond acceptors (Lipinski definition) is 2. The highest BCUT2D eigenvalue weighted by Crippen LogP contribution is 2.49. The first-order valence-electron chi connectivity index (χ1n) is 15.7. The highest BCUT2D eigenvalue weighted by atomic mass is 32.1. The number of thiophene rings is 2. The molecule has 4 aromatic carbocycles. The van der Waals surface area contributed by atoms with Crippen LogP contribution in [0.1, 0.15) is 52.7 Å². The van der Waals surface area contributed by atoms with Crippen molar-refractivity contribution in [3.63, 3.8) is 0 Å². The van der Waals surface area contributed by atoms with Crippen LogP contribution < -0.4 is 0 Å². The van der Waals surface area contributed by atoms with E-state index in [1.165, 1.54) is 98.5 Å². The molecule has 42 heavy (non-hydrogen) atoms. The zero-order valence-corrected chi connectivity index (χ0v) is 29.5. The van der Waals surface area contributed by atoms with E-state index in [1.807, 2.05) is 22.7 Å². The Kier molecular flexibility index (Phi) is 8.12. The average molecular weight is 617 g/mol. The molecule has 0 fully saturated rings. The molecular formula is C38H40S2Si2. The second kappa shape index (κ2) is 11.7. The fourth-order valence-corrected chi connectivity index (χ4v) is 14.2. The summed E-state index contributed by atoms with van der Waals surface area (Å²) in [6.07, 6.45) is 0. The van der Waals surface area contributed by atoms with E-state index in [1.54, 1.807) is 0 Å². The fourth-order valence-electron chi connectivity index (χ4n) is 6.58. The minimum atomic E-state index is -1.60. The van der Waals surface area contributed by atoms with Crippen molar-refractivity contribution in [1.29, 1.82) is 0 Å². The third-order valence-electron chi connectivity index (χ3n) is 10.1. The largest absolute Gasteiger partial charge is 0.138 e. The highest BCUT2D eigenvalue weighted by molar-refractivity contribution is 7.36. The van der Waals surface area contributed by atoms with E-state index in [2.05, 4.69) is 125 Å². The van der Waals surface area contributed by atoms with Crippen LogP contribution in [0.3, 0.4) is 0 Å². The molecule has 0 aliphatic heterocycles. The molecule has 0 aliphatic rings. The first kappa shape index (κ1) is 29.2. The van der Waals surface area contributed by atoms with Gasteiger partial charge in [0.1, 0.15) is 16.1 Å². The zero-order valence-electron chi connectivity index (χ0n) is 25.8. The van der Waals surface area contributed by atoms with Gasteiger partial charge in [-0.1, -0.05) is 102 Å². The molecule has 2 aromatic heterocycles. The van der Waals surface area contributed by atoms with Crippen molar-refractivity contribution in [3.8, 4) is 22.9 Å². The molecular weight excluding hydrogens is 577 g/mol. The van der Waals surface area contributed by atoms with Gasteiger partial charge in [-0.05, 0) is 69.9 Å². The lowest BCUT2D eigenvalue weighted by molar-refractivity contribution is 1.20. The minimum absolute atomic E-state index is 1.22. The number of rotatable bonds is 6. The molecule has 6 aromatic rings. The molecule has 212 valence electrons. The number of hydrogen-bond donors (Lipinski definition) is 0. The molecule has 0 saturated carbocycles. The van der Waals surface area contributed by atoms with Gasteiger partial charge in [0.05, 0.1) is 9.40 Å². The first-order valence-corrected chi connectivity index (χ1v) is 22.6. The standard InChI is InChI=1S/C38H40S2Si2/c1-7-41(8-2,9-3)23-21-31-29-19-15-13-17-27(29)25-33-35(31)37-38(39-33)36-32(22-24-42(10-4,11-5)12-6)30-20-16-14-18-28(30)26-34(36)40-37/h13-20,25-26H,7-12H2,1-6H3. The Balaban J connectivity index is 1.74. The second-order valence-electron chi connectivity index (χ2n) is 11.7. The lowest BCUT2D eigenvalue weighted by Crippen LogP contribution is -2.29. The van der Waals surface area contributed by atoms with Crippen LogP contribution in [0.25, 0.3) is 51.1 Å². The molecule has 0 atom stereocenters. The van der Waals surface area contributed by atoms with E-state index >= 15 is 0 Å². The molecule has 0 unspecified atom stereocenters. The van der Waals surface area contributed by atoms with Crippen molar-refractivity contribution in [3.05, 3.63) is 71.8 Å². The molecule has 4 heteroatoms. The zero-order chi connectivity index (χ0) is 29.5. The van der Waals surface area contributed by atoms with Crippen LogP contribution in [0, 0.1) is 22.9 Å². The van der Waals surface area contributed by atoms with Crippen molar-refractivity contribution in [1.82, 2.24) is 0 Å². The van der Waals surface area contributed by atoms with Gasteiger partial charge >= 0.3 is 0 Å². The van der Waals surface area contributed by atoms with Crippen molar-refractivity contribution >= 4 is 89.9 Å². The van der Waals surface area contributed by atoms with E-state index in [-0.39, 0.29) is 0 Å². The normalized spacial score (nSPS) is 12.2. The third kappa shape index (κ3) is 4.74. The van der Waals surface area contributed by atoms with Gasteiger partial charge < -0.3 is 0 Å². The lowest BCUT2D eigenvalue weighted by Gasteiger charge is -2.20. The van der Waals surface area contributed by atoms with Gasteiger partial charge in [0.25, 0.3) is 0 Å². The summed E-state index contributed by atoms with van der Waals surface area (Å²) in [7, 11) is -3.21. The molecule has 2 heterocycles. The van der Waals surface area contributed by atoms with E-state index in [9.17, 15) is 0 Å². The minimum Gasteiger partial charge on any atom is -0.133 e. The summed E-state index contributed by atoms with van der Waals surface area (Å²) < 4.78 is 5.48. The van der Waals surface area contributed by atoms with Crippen molar-refractivity contribution in [2.24, 2.45) is 0 Å². The van der Waals surface area contributed by atoms with E-state index in [4.69, 9.17) is 0 Å². The Hall–Kier alpha value is -2.87. The molecule has 6 rings (SSSR count). The van der Waals surface area contributed by atoms with Gasteiger partial charge in [-0.15, -0.1) is 33.8 Å². The predicted molar refractivity (Wildman–Crippen MR) is 198 cm³/mol. The van der Waals surface area contributed by atoms with Gasteiger partial charge in [-0.25, -0.2) is 0 Å². The molecule has 0 nitrogen and oxygen atoms in total. The molecule has 0 amide bonds. The fraction of sp³-hybridized carbons (Fsp3) is 0.316. The molecule has 0 bridgehead atoms. The Morgan fingerprint density at radius 1 is 0.524 bits per heavy atom. The Morgan fingerprint density at radius 3 is 1.24 bits per heavy atom. The smallest absolute Gasteiger partial charge is 0.133 e. The van der Waals surface area contributed by atoms with E-state index < -0.39 is 16.1 Å².